The number of halogens is 1. The van der Waals surface area contributed by atoms with Crippen LogP contribution in [-0.4, -0.2) is 30.2 Å². The van der Waals surface area contributed by atoms with Gasteiger partial charge in [-0.2, -0.15) is 0 Å². The lowest BCUT2D eigenvalue weighted by molar-refractivity contribution is 0.0679. The van der Waals surface area contributed by atoms with E-state index < -0.39 is 0 Å². The van der Waals surface area contributed by atoms with Gasteiger partial charge in [-0.15, -0.1) is 11.3 Å². The predicted molar refractivity (Wildman–Crippen MR) is 111 cm³/mol. The lowest BCUT2D eigenvalue weighted by Gasteiger charge is -2.11. The molecule has 1 saturated heterocycles. The van der Waals surface area contributed by atoms with Crippen molar-refractivity contribution < 1.29 is 14.3 Å². The Bertz CT molecular complexity index is 952. The van der Waals surface area contributed by atoms with Gasteiger partial charge in [0.25, 0.3) is 5.91 Å². The topological polar surface area (TPSA) is 60.5 Å². The third-order valence-electron chi connectivity index (χ3n) is 4.45. The van der Waals surface area contributed by atoms with Gasteiger partial charge >= 0.3 is 0 Å². The van der Waals surface area contributed by atoms with E-state index >= 15 is 0 Å². The quantitative estimate of drug-likeness (QED) is 0.596. The Balaban J connectivity index is 1.36. The van der Waals surface area contributed by atoms with Crippen LogP contribution in [0.2, 0.25) is 5.02 Å². The third-order valence-corrected chi connectivity index (χ3v) is 5.54. The molecule has 1 N–H and O–H groups in total. The number of rotatable bonds is 6. The van der Waals surface area contributed by atoms with Crippen LogP contribution < -0.4 is 10.1 Å². The summed E-state index contributed by atoms with van der Waals surface area (Å²) in [6.07, 6.45) is 2.28. The normalized spacial score (nSPS) is 16.1. The highest BCUT2D eigenvalue weighted by atomic mass is 35.5. The van der Waals surface area contributed by atoms with Crippen molar-refractivity contribution in [2.75, 3.05) is 18.5 Å². The van der Waals surface area contributed by atoms with Crippen LogP contribution in [0.5, 0.6) is 5.75 Å². The van der Waals surface area contributed by atoms with Gasteiger partial charge in [-0.1, -0.05) is 29.8 Å². The van der Waals surface area contributed by atoms with Gasteiger partial charge < -0.3 is 9.47 Å². The van der Waals surface area contributed by atoms with Crippen LogP contribution in [0.25, 0.3) is 11.3 Å². The van der Waals surface area contributed by atoms with Crippen molar-refractivity contribution in [3.05, 3.63) is 64.5 Å². The Morgan fingerprint density at radius 1 is 1.25 bits per heavy atom. The van der Waals surface area contributed by atoms with E-state index in [-0.39, 0.29) is 12.0 Å². The van der Waals surface area contributed by atoms with Crippen molar-refractivity contribution in [2.45, 2.75) is 18.9 Å². The number of hydrogen-bond acceptors (Lipinski definition) is 5. The van der Waals surface area contributed by atoms with Crippen LogP contribution in [0.15, 0.2) is 53.9 Å². The zero-order valence-electron chi connectivity index (χ0n) is 15.1. The summed E-state index contributed by atoms with van der Waals surface area (Å²) < 4.78 is 11.3. The number of amides is 1. The molecule has 4 rings (SSSR count). The summed E-state index contributed by atoms with van der Waals surface area (Å²) in [5, 5.41) is 5.86. The molecule has 0 radical (unpaired) electrons. The number of ether oxygens (including phenoxy) is 2. The molecule has 144 valence electrons. The molecular weight excluding hydrogens is 396 g/mol. The number of hydrogen-bond donors (Lipinski definition) is 1. The van der Waals surface area contributed by atoms with E-state index in [0.717, 1.165) is 36.5 Å². The maximum absolute atomic E-state index is 12.5. The average molecular weight is 415 g/mol. The SMILES string of the molecule is O=C(Nc1nc(-c2ccccc2Cl)cs1)c1ccc(OCC2CCCO2)cc1. The van der Waals surface area contributed by atoms with E-state index in [9.17, 15) is 4.79 Å². The molecule has 3 aromatic rings. The molecule has 2 heterocycles. The van der Waals surface area contributed by atoms with Gasteiger partial charge in [0.05, 0.1) is 11.8 Å². The number of nitrogens with one attached hydrogen (secondary N) is 1. The maximum Gasteiger partial charge on any atom is 0.257 e. The summed E-state index contributed by atoms with van der Waals surface area (Å²) in [5.41, 5.74) is 2.12. The summed E-state index contributed by atoms with van der Waals surface area (Å²) >= 11 is 7.57. The lowest BCUT2D eigenvalue weighted by atomic mass is 10.2. The van der Waals surface area contributed by atoms with Crippen molar-refractivity contribution in [1.82, 2.24) is 4.98 Å². The standard InChI is InChI=1S/C21H19ClN2O3S/c22-18-6-2-1-5-17(18)19-13-28-21(23-19)24-20(25)14-7-9-15(10-8-14)27-12-16-4-3-11-26-16/h1-2,5-10,13,16H,3-4,11-12H2,(H,23,24,25). The van der Waals surface area contributed by atoms with Crippen molar-refractivity contribution in [2.24, 2.45) is 0 Å². The second-order valence-electron chi connectivity index (χ2n) is 6.44. The maximum atomic E-state index is 12.5. The molecule has 0 bridgehead atoms. The van der Waals surface area contributed by atoms with Gasteiger partial charge in [0.15, 0.2) is 5.13 Å². The molecule has 1 unspecified atom stereocenters. The first-order valence-electron chi connectivity index (χ1n) is 9.05. The number of anilines is 1. The highest BCUT2D eigenvalue weighted by molar-refractivity contribution is 7.14. The Morgan fingerprint density at radius 3 is 2.82 bits per heavy atom. The fourth-order valence-electron chi connectivity index (χ4n) is 2.96. The van der Waals surface area contributed by atoms with Gasteiger partial charge in [0.2, 0.25) is 0 Å². The smallest absolute Gasteiger partial charge is 0.257 e. The minimum atomic E-state index is -0.217. The lowest BCUT2D eigenvalue weighted by Crippen LogP contribution is -2.16. The first-order chi connectivity index (χ1) is 13.7. The van der Waals surface area contributed by atoms with Crippen molar-refractivity contribution in [1.29, 1.82) is 0 Å². The van der Waals surface area contributed by atoms with Crippen LogP contribution in [0.3, 0.4) is 0 Å². The predicted octanol–water partition coefficient (Wildman–Crippen LogP) is 5.27. The summed E-state index contributed by atoms with van der Waals surface area (Å²) in [7, 11) is 0. The van der Waals surface area contributed by atoms with Gasteiger partial charge in [-0.3, -0.25) is 10.1 Å². The fraction of sp³-hybridized carbons (Fsp3) is 0.238. The molecule has 0 aliphatic carbocycles. The summed E-state index contributed by atoms with van der Waals surface area (Å²) in [4.78, 5) is 16.9. The molecule has 5 nitrogen and oxygen atoms in total. The monoisotopic (exact) mass is 414 g/mol. The molecular formula is C21H19ClN2O3S. The van der Waals surface area contributed by atoms with Gasteiger partial charge in [-0.25, -0.2) is 4.98 Å². The molecule has 7 heteroatoms. The fourth-order valence-corrected chi connectivity index (χ4v) is 3.90. The second-order valence-corrected chi connectivity index (χ2v) is 7.71. The van der Waals surface area contributed by atoms with Crippen LogP contribution in [0.1, 0.15) is 23.2 Å². The number of carbonyl (C=O) groups excluding carboxylic acids is 1. The minimum absolute atomic E-state index is 0.167. The number of thiazole rings is 1. The van der Waals surface area contributed by atoms with Crippen LogP contribution >= 0.6 is 22.9 Å². The van der Waals surface area contributed by atoms with Crippen LogP contribution in [0.4, 0.5) is 5.13 Å². The summed E-state index contributed by atoms with van der Waals surface area (Å²) in [6.45, 7) is 1.34. The van der Waals surface area contributed by atoms with Crippen LogP contribution in [-0.2, 0) is 4.74 Å². The largest absolute Gasteiger partial charge is 0.491 e. The first-order valence-corrected chi connectivity index (χ1v) is 10.3. The van der Waals surface area contributed by atoms with Gasteiger partial charge in [-0.05, 0) is 43.2 Å². The molecule has 0 spiro atoms. The highest BCUT2D eigenvalue weighted by Gasteiger charge is 2.16. The highest BCUT2D eigenvalue weighted by Crippen LogP contribution is 2.30. The molecule has 1 atom stereocenters. The summed E-state index contributed by atoms with van der Waals surface area (Å²) in [6, 6.07) is 14.6. The molecule has 28 heavy (non-hydrogen) atoms. The van der Waals surface area contributed by atoms with Crippen molar-refractivity contribution in [3.8, 4) is 17.0 Å². The first kappa shape index (κ1) is 18.9. The molecule has 1 amide bonds. The van der Waals surface area contributed by atoms with E-state index in [4.69, 9.17) is 21.1 Å². The van der Waals surface area contributed by atoms with Gasteiger partial charge in [0.1, 0.15) is 12.4 Å². The van der Waals surface area contributed by atoms with Crippen LogP contribution in [0, 0.1) is 0 Å². The molecule has 1 aliphatic rings. The number of carbonyl (C=O) groups is 1. The van der Waals surface area contributed by atoms with E-state index in [0.29, 0.717) is 22.3 Å². The number of nitrogens with zero attached hydrogens (tertiary/aromatic N) is 1. The third kappa shape index (κ3) is 4.52. The van der Waals surface area contributed by atoms with Crippen molar-refractivity contribution in [3.63, 3.8) is 0 Å². The Labute approximate surface area is 172 Å². The second kappa shape index (κ2) is 8.73. The minimum Gasteiger partial charge on any atom is -0.491 e. The Hall–Kier alpha value is -2.41. The van der Waals surface area contributed by atoms with E-state index in [1.165, 1.54) is 11.3 Å². The van der Waals surface area contributed by atoms with E-state index in [1.807, 2.05) is 29.6 Å². The van der Waals surface area contributed by atoms with Crippen molar-refractivity contribution >= 4 is 34.0 Å². The zero-order valence-corrected chi connectivity index (χ0v) is 16.6. The average Bonchev–Trinajstić information content (AvgIpc) is 3.39. The molecule has 2 aromatic carbocycles. The molecule has 1 aliphatic heterocycles. The Kier molecular flexibility index (Phi) is 5.90. The van der Waals surface area contributed by atoms with Gasteiger partial charge in [0, 0.05) is 28.1 Å². The van der Waals surface area contributed by atoms with E-state index in [1.54, 1.807) is 24.3 Å². The van der Waals surface area contributed by atoms with E-state index in [2.05, 4.69) is 10.3 Å². The number of aromatic nitrogens is 1. The summed E-state index contributed by atoms with van der Waals surface area (Å²) in [5.74, 6) is 0.507. The zero-order chi connectivity index (χ0) is 19.3. The number of benzene rings is 2. The molecule has 0 saturated carbocycles. The molecule has 1 fully saturated rings. The molecule has 1 aromatic heterocycles. The Morgan fingerprint density at radius 2 is 2.07 bits per heavy atom.